The van der Waals surface area contributed by atoms with E-state index >= 15 is 0 Å². The van der Waals surface area contributed by atoms with Crippen molar-refractivity contribution in [3.05, 3.63) is 65.5 Å². The van der Waals surface area contributed by atoms with Crippen molar-refractivity contribution in [2.45, 2.75) is 47.3 Å². The van der Waals surface area contributed by atoms with E-state index in [1.807, 2.05) is 45.0 Å². The van der Waals surface area contributed by atoms with Crippen LogP contribution in [0.25, 0.3) is 0 Å². The van der Waals surface area contributed by atoms with Crippen LogP contribution in [0.15, 0.2) is 48.5 Å². The third-order valence-corrected chi connectivity index (χ3v) is 4.54. The highest BCUT2D eigenvalue weighted by Crippen LogP contribution is 2.29. The van der Waals surface area contributed by atoms with E-state index in [4.69, 9.17) is 4.74 Å². The maximum absolute atomic E-state index is 13.2. The van der Waals surface area contributed by atoms with Gasteiger partial charge in [-0.1, -0.05) is 45.0 Å². The van der Waals surface area contributed by atoms with Crippen LogP contribution in [0.3, 0.4) is 0 Å². The van der Waals surface area contributed by atoms with Crippen LogP contribution in [0.2, 0.25) is 0 Å². The lowest BCUT2D eigenvalue weighted by Gasteiger charge is -2.29. The number of nitrogens with one attached hydrogen (secondary N) is 1. The third-order valence-electron chi connectivity index (χ3n) is 4.54. The normalized spacial score (nSPS) is 12.3. The van der Waals surface area contributed by atoms with E-state index < -0.39 is 0 Å². The van der Waals surface area contributed by atoms with E-state index in [9.17, 15) is 14.0 Å². The second kappa shape index (κ2) is 9.49. The Hall–Kier alpha value is -2.69. The van der Waals surface area contributed by atoms with Crippen molar-refractivity contribution >= 4 is 11.7 Å². The van der Waals surface area contributed by atoms with Crippen LogP contribution >= 0.6 is 0 Å². The van der Waals surface area contributed by atoms with Gasteiger partial charge in [0.05, 0.1) is 0 Å². The van der Waals surface area contributed by atoms with Gasteiger partial charge in [0, 0.05) is 18.9 Å². The molecule has 0 aliphatic heterocycles. The smallest absolute Gasteiger partial charge is 0.224 e. The Morgan fingerprint density at radius 1 is 1.07 bits per heavy atom. The molecule has 1 amide bonds. The zero-order valence-electron chi connectivity index (χ0n) is 16.9. The van der Waals surface area contributed by atoms with Crippen LogP contribution in [0.4, 0.5) is 4.39 Å². The Bertz CT molecular complexity index is 809. The molecule has 28 heavy (non-hydrogen) atoms. The number of hydrogen-bond donors (Lipinski definition) is 1. The molecule has 4 nitrogen and oxygen atoms in total. The molecule has 0 aliphatic carbocycles. The summed E-state index contributed by atoms with van der Waals surface area (Å²) in [6.07, 6.45) is 0.238. The minimum Gasteiger partial charge on any atom is -0.489 e. The summed E-state index contributed by atoms with van der Waals surface area (Å²) in [6, 6.07) is 13.7. The fraction of sp³-hybridized carbons (Fsp3) is 0.391. The Morgan fingerprint density at radius 3 is 2.32 bits per heavy atom. The average Bonchev–Trinajstić information content (AvgIpc) is 2.62. The molecule has 0 radical (unpaired) electrons. The first-order valence-electron chi connectivity index (χ1n) is 9.38. The van der Waals surface area contributed by atoms with E-state index in [0.29, 0.717) is 12.3 Å². The summed E-state index contributed by atoms with van der Waals surface area (Å²) in [5, 5.41) is 2.92. The number of Topliss-reactive ketones (excluding diaryl/α,β-unsaturated/α-hetero) is 1. The van der Waals surface area contributed by atoms with Gasteiger partial charge in [-0.05, 0) is 47.7 Å². The van der Waals surface area contributed by atoms with Gasteiger partial charge in [0.15, 0.2) is 0 Å². The van der Waals surface area contributed by atoms with E-state index in [1.165, 1.54) is 19.1 Å². The first kappa shape index (κ1) is 21.6. The van der Waals surface area contributed by atoms with Gasteiger partial charge in [-0.15, -0.1) is 0 Å². The summed E-state index contributed by atoms with van der Waals surface area (Å²) in [4.78, 5) is 24.0. The van der Waals surface area contributed by atoms with E-state index in [0.717, 1.165) is 11.1 Å². The van der Waals surface area contributed by atoms with Gasteiger partial charge in [0.2, 0.25) is 5.91 Å². The molecular weight excluding hydrogens is 357 g/mol. The molecule has 2 aromatic rings. The molecule has 0 aromatic heterocycles. The van der Waals surface area contributed by atoms with Gasteiger partial charge in [-0.25, -0.2) is 4.39 Å². The van der Waals surface area contributed by atoms with Crippen molar-refractivity contribution in [2.75, 3.05) is 0 Å². The van der Waals surface area contributed by atoms with Gasteiger partial charge < -0.3 is 14.8 Å². The SMILES string of the molecule is CC(=O)C[C@@H](C(=O)NCc1ccc(OCc2cccc(F)c2)cc1)C(C)(C)C. The molecule has 1 N–H and O–H groups in total. The quantitative estimate of drug-likeness (QED) is 0.719. The number of hydrogen-bond acceptors (Lipinski definition) is 3. The van der Waals surface area contributed by atoms with Crippen LogP contribution in [0, 0.1) is 17.2 Å². The largest absolute Gasteiger partial charge is 0.489 e. The average molecular weight is 385 g/mol. The second-order valence-corrected chi connectivity index (χ2v) is 8.11. The summed E-state index contributed by atoms with van der Waals surface area (Å²) in [5.74, 6) is -0.0862. The molecule has 0 fully saturated rings. The Labute approximate surface area is 166 Å². The number of rotatable bonds is 8. The van der Waals surface area contributed by atoms with Crippen molar-refractivity contribution in [2.24, 2.45) is 11.3 Å². The number of ether oxygens (including phenoxy) is 1. The van der Waals surface area contributed by atoms with Crippen molar-refractivity contribution in [1.29, 1.82) is 0 Å². The molecule has 0 saturated heterocycles. The lowest BCUT2D eigenvalue weighted by atomic mass is 9.77. The van der Waals surface area contributed by atoms with Crippen LogP contribution in [0.5, 0.6) is 5.75 Å². The predicted octanol–water partition coefficient (Wildman–Crippen LogP) is 4.66. The minimum absolute atomic E-state index is 0.00914. The molecule has 2 rings (SSSR count). The highest BCUT2D eigenvalue weighted by Gasteiger charge is 2.32. The number of amides is 1. The van der Waals surface area contributed by atoms with Crippen molar-refractivity contribution in [3.8, 4) is 5.75 Å². The Kier molecular flexibility index (Phi) is 7.32. The van der Waals surface area contributed by atoms with Crippen molar-refractivity contribution in [1.82, 2.24) is 5.32 Å². The van der Waals surface area contributed by atoms with Crippen LogP contribution in [-0.4, -0.2) is 11.7 Å². The van der Waals surface area contributed by atoms with Crippen LogP contribution in [-0.2, 0) is 22.7 Å². The molecule has 0 spiro atoms. The molecule has 0 unspecified atom stereocenters. The Balaban J connectivity index is 1.89. The topological polar surface area (TPSA) is 55.4 Å². The zero-order chi connectivity index (χ0) is 20.7. The monoisotopic (exact) mass is 385 g/mol. The van der Waals surface area contributed by atoms with Gasteiger partial charge in [0.1, 0.15) is 24.0 Å². The van der Waals surface area contributed by atoms with Crippen molar-refractivity contribution in [3.63, 3.8) is 0 Å². The molecule has 5 heteroatoms. The van der Waals surface area contributed by atoms with Crippen molar-refractivity contribution < 1.29 is 18.7 Å². The summed E-state index contributed by atoms with van der Waals surface area (Å²) in [5.41, 5.74) is 1.40. The predicted molar refractivity (Wildman–Crippen MR) is 107 cm³/mol. The summed E-state index contributed by atoms with van der Waals surface area (Å²) < 4.78 is 18.9. The number of carbonyl (C=O) groups is 2. The standard InChI is InChI=1S/C23H28FNO3/c1-16(26)12-21(23(2,3)4)22(27)25-14-17-8-10-20(11-9-17)28-15-18-6-5-7-19(24)13-18/h5-11,13,21H,12,14-15H2,1-4H3,(H,25,27)/t21-/m0/s1. The maximum atomic E-state index is 13.2. The van der Waals surface area contributed by atoms with Crippen LogP contribution in [0.1, 0.15) is 45.2 Å². The van der Waals surface area contributed by atoms with Gasteiger partial charge in [-0.2, -0.15) is 0 Å². The molecule has 0 heterocycles. The zero-order valence-corrected chi connectivity index (χ0v) is 16.9. The number of benzene rings is 2. The van der Waals surface area contributed by atoms with E-state index in [-0.39, 0.29) is 41.9 Å². The van der Waals surface area contributed by atoms with Gasteiger partial charge in [0.25, 0.3) is 0 Å². The fourth-order valence-electron chi connectivity index (χ4n) is 2.89. The highest BCUT2D eigenvalue weighted by molar-refractivity contribution is 5.86. The highest BCUT2D eigenvalue weighted by atomic mass is 19.1. The number of halogens is 1. The molecule has 2 aromatic carbocycles. The first-order valence-corrected chi connectivity index (χ1v) is 9.38. The van der Waals surface area contributed by atoms with E-state index in [2.05, 4.69) is 5.32 Å². The maximum Gasteiger partial charge on any atom is 0.224 e. The molecule has 0 saturated carbocycles. The molecule has 0 aliphatic rings. The minimum atomic E-state index is -0.362. The van der Waals surface area contributed by atoms with Gasteiger partial charge >= 0.3 is 0 Å². The Morgan fingerprint density at radius 2 is 1.75 bits per heavy atom. The second-order valence-electron chi connectivity index (χ2n) is 8.11. The summed E-state index contributed by atoms with van der Waals surface area (Å²) >= 11 is 0. The molecular formula is C23H28FNO3. The lowest BCUT2D eigenvalue weighted by Crippen LogP contribution is -2.38. The number of ketones is 1. The fourth-order valence-corrected chi connectivity index (χ4v) is 2.89. The van der Waals surface area contributed by atoms with Gasteiger partial charge in [-0.3, -0.25) is 4.79 Å². The third kappa shape index (κ3) is 6.80. The first-order chi connectivity index (χ1) is 13.1. The molecule has 150 valence electrons. The van der Waals surface area contributed by atoms with E-state index in [1.54, 1.807) is 12.1 Å². The molecule has 1 atom stereocenters. The summed E-state index contributed by atoms with van der Waals surface area (Å²) in [7, 11) is 0. The molecule has 0 bridgehead atoms. The number of carbonyl (C=O) groups excluding carboxylic acids is 2. The van der Waals surface area contributed by atoms with Crippen LogP contribution < -0.4 is 10.1 Å². The summed E-state index contributed by atoms with van der Waals surface area (Å²) in [6.45, 7) is 8.06. The lowest BCUT2D eigenvalue weighted by molar-refractivity contribution is -0.132.